The Kier molecular flexibility index (Phi) is 7.91. The highest BCUT2D eigenvalue weighted by Gasteiger charge is 2.52. The van der Waals surface area contributed by atoms with Gasteiger partial charge in [-0.15, -0.1) is 0 Å². The molecule has 3 heterocycles. The summed E-state index contributed by atoms with van der Waals surface area (Å²) < 4.78 is 27.2. The molecule has 0 aromatic rings. The van der Waals surface area contributed by atoms with E-state index in [2.05, 4.69) is 0 Å². The van der Waals surface area contributed by atoms with E-state index in [-0.39, 0.29) is 0 Å². The monoisotopic (exact) mass is 456 g/mol. The molecule has 0 saturated carbocycles. The lowest BCUT2D eigenvalue weighted by Gasteiger charge is -2.47. The number of rotatable bonds is 4. The molecule has 8 N–H and O–H groups in total. The fraction of sp³-hybridized carbons (Fsp3) is 1.00. The van der Waals surface area contributed by atoms with Gasteiger partial charge < -0.3 is 64.5 Å². The van der Waals surface area contributed by atoms with E-state index < -0.39 is 92.1 Å². The number of hydrogen-bond acceptors (Lipinski definition) is 13. The predicted octanol–water partition coefficient (Wildman–Crippen LogP) is -4.49. The van der Waals surface area contributed by atoms with Gasteiger partial charge in [0.05, 0.1) is 18.3 Å². The van der Waals surface area contributed by atoms with E-state index in [4.69, 9.17) is 23.7 Å². The van der Waals surface area contributed by atoms with Gasteiger partial charge in [0.15, 0.2) is 18.9 Å². The molecule has 13 heteroatoms. The van der Waals surface area contributed by atoms with Crippen LogP contribution in [0.5, 0.6) is 0 Å². The predicted molar refractivity (Wildman–Crippen MR) is 97.0 cm³/mol. The molecular weight excluding hydrogens is 424 g/mol. The van der Waals surface area contributed by atoms with Gasteiger partial charge in [-0.2, -0.15) is 0 Å². The van der Waals surface area contributed by atoms with Gasteiger partial charge in [-0.3, -0.25) is 0 Å². The summed E-state index contributed by atoms with van der Waals surface area (Å²) in [4.78, 5) is 0. The Bertz CT molecular complexity index is 595. The maximum atomic E-state index is 10.5. The van der Waals surface area contributed by atoms with Crippen molar-refractivity contribution in [2.24, 2.45) is 0 Å². The zero-order valence-electron chi connectivity index (χ0n) is 17.3. The van der Waals surface area contributed by atoms with Crippen molar-refractivity contribution in [1.82, 2.24) is 0 Å². The molecule has 3 aliphatic heterocycles. The van der Waals surface area contributed by atoms with Crippen molar-refractivity contribution in [3.8, 4) is 0 Å². The molecule has 3 aliphatic rings. The van der Waals surface area contributed by atoms with Crippen LogP contribution in [0.15, 0.2) is 0 Å². The van der Waals surface area contributed by atoms with Crippen molar-refractivity contribution >= 4 is 0 Å². The first-order valence-corrected chi connectivity index (χ1v) is 10.2. The van der Waals surface area contributed by atoms with Crippen molar-refractivity contribution in [3.63, 3.8) is 0 Å². The molecule has 0 amide bonds. The zero-order valence-corrected chi connectivity index (χ0v) is 17.3. The van der Waals surface area contributed by atoms with Crippen LogP contribution in [0.1, 0.15) is 20.8 Å². The smallest absolute Gasteiger partial charge is 0.187 e. The van der Waals surface area contributed by atoms with Gasteiger partial charge in [0.2, 0.25) is 0 Å². The van der Waals surface area contributed by atoms with Crippen LogP contribution in [0.25, 0.3) is 0 Å². The minimum atomic E-state index is -1.70. The number of aliphatic hydroxyl groups is 8. The summed E-state index contributed by atoms with van der Waals surface area (Å²) in [6, 6.07) is 0. The van der Waals surface area contributed by atoms with E-state index in [1.54, 1.807) is 0 Å². The summed E-state index contributed by atoms with van der Waals surface area (Å²) in [5, 5.41) is 81.2. The standard InChI is InChI=1S/C18H32O13/c1-4-8(20)11(23)14(16(26)27-4)30-18-15(12(24)9(21)6(3)29-18)31-17-13(25)10(22)7(19)5(2)28-17/h4-26H,1-3H3/t4-,5-,6-,7-,8-,9-,10+,11+,12+,13+,14+,15+,16+,17-,18-/m0/s1. The summed E-state index contributed by atoms with van der Waals surface area (Å²) in [5.41, 5.74) is 0. The molecule has 182 valence electrons. The Morgan fingerprint density at radius 1 is 0.452 bits per heavy atom. The molecular formula is C18H32O13. The SMILES string of the molecule is C[C@@H]1O[C@@H](O[C@H]2[C@H](O[C@@H]3[C@H](O)[C@@H](O)[C@H](C)O[C@H]3O)O[C@@H](C)[C@H](O)[C@H]2O)[C@H](O)[C@H](O)[C@H]1O. The van der Waals surface area contributed by atoms with Crippen LogP contribution in [-0.4, -0.2) is 133 Å². The van der Waals surface area contributed by atoms with Gasteiger partial charge in [0.1, 0.15) is 54.9 Å². The lowest BCUT2D eigenvalue weighted by Crippen LogP contribution is -2.65. The number of ether oxygens (including phenoxy) is 5. The van der Waals surface area contributed by atoms with Crippen LogP contribution in [0.2, 0.25) is 0 Å². The van der Waals surface area contributed by atoms with Gasteiger partial charge in [0, 0.05) is 0 Å². The zero-order chi connectivity index (χ0) is 23.2. The lowest BCUT2D eigenvalue weighted by molar-refractivity contribution is -0.386. The van der Waals surface area contributed by atoms with E-state index in [1.807, 2.05) is 0 Å². The summed E-state index contributed by atoms with van der Waals surface area (Å²) in [6.45, 7) is 4.32. The van der Waals surface area contributed by atoms with Crippen molar-refractivity contribution in [1.29, 1.82) is 0 Å². The van der Waals surface area contributed by atoms with Crippen molar-refractivity contribution in [2.45, 2.75) is 113 Å². The molecule has 0 aliphatic carbocycles. The molecule has 0 aromatic heterocycles. The second kappa shape index (κ2) is 9.77. The minimum Gasteiger partial charge on any atom is -0.388 e. The summed E-state index contributed by atoms with van der Waals surface area (Å²) in [6.07, 6.45) is -21.2. The van der Waals surface area contributed by atoms with Crippen LogP contribution in [0.4, 0.5) is 0 Å². The molecule has 0 unspecified atom stereocenters. The topological polar surface area (TPSA) is 208 Å². The van der Waals surface area contributed by atoms with E-state index in [0.29, 0.717) is 0 Å². The van der Waals surface area contributed by atoms with Gasteiger partial charge in [0.25, 0.3) is 0 Å². The van der Waals surface area contributed by atoms with Gasteiger partial charge in [-0.1, -0.05) is 0 Å². The first-order chi connectivity index (χ1) is 14.4. The van der Waals surface area contributed by atoms with Crippen molar-refractivity contribution < 1.29 is 64.5 Å². The molecule has 31 heavy (non-hydrogen) atoms. The van der Waals surface area contributed by atoms with Crippen LogP contribution in [-0.2, 0) is 23.7 Å². The molecule has 15 atom stereocenters. The molecule has 0 aromatic carbocycles. The first kappa shape index (κ1) is 25.1. The molecule has 3 fully saturated rings. The van der Waals surface area contributed by atoms with Crippen LogP contribution >= 0.6 is 0 Å². The minimum absolute atomic E-state index is 0.879. The van der Waals surface area contributed by atoms with E-state index in [0.717, 1.165) is 0 Å². The largest absolute Gasteiger partial charge is 0.388 e. The van der Waals surface area contributed by atoms with Crippen LogP contribution in [0.3, 0.4) is 0 Å². The molecule has 0 radical (unpaired) electrons. The first-order valence-electron chi connectivity index (χ1n) is 10.2. The Hall–Kier alpha value is -0.520. The molecule has 3 rings (SSSR count). The maximum absolute atomic E-state index is 10.5. The average molecular weight is 456 g/mol. The summed E-state index contributed by atoms with van der Waals surface area (Å²) in [5.74, 6) is 0. The molecule has 13 nitrogen and oxygen atoms in total. The normalized spacial score (nSPS) is 56.4. The van der Waals surface area contributed by atoms with Gasteiger partial charge >= 0.3 is 0 Å². The van der Waals surface area contributed by atoms with Crippen LogP contribution < -0.4 is 0 Å². The highest BCUT2D eigenvalue weighted by molar-refractivity contribution is 4.94. The quantitative estimate of drug-likeness (QED) is 0.201. The average Bonchev–Trinajstić information content (AvgIpc) is 2.72. The highest BCUT2D eigenvalue weighted by Crippen LogP contribution is 2.32. The molecule has 3 saturated heterocycles. The van der Waals surface area contributed by atoms with E-state index >= 15 is 0 Å². The van der Waals surface area contributed by atoms with E-state index in [1.165, 1.54) is 20.8 Å². The van der Waals surface area contributed by atoms with Gasteiger partial charge in [-0.25, -0.2) is 0 Å². The second-order valence-corrected chi connectivity index (χ2v) is 8.29. The Labute approximate surface area is 178 Å². The molecule has 0 bridgehead atoms. The molecule has 0 spiro atoms. The van der Waals surface area contributed by atoms with E-state index in [9.17, 15) is 40.9 Å². The summed E-state index contributed by atoms with van der Waals surface area (Å²) in [7, 11) is 0. The van der Waals surface area contributed by atoms with Crippen LogP contribution in [0, 0.1) is 0 Å². The van der Waals surface area contributed by atoms with Crippen molar-refractivity contribution in [3.05, 3.63) is 0 Å². The maximum Gasteiger partial charge on any atom is 0.187 e. The Morgan fingerprint density at radius 2 is 0.871 bits per heavy atom. The second-order valence-electron chi connectivity index (χ2n) is 8.29. The number of hydrogen-bond donors (Lipinski definition) is 8. The fourth-order valence-electron chi connectivity index (χ4n) is 3.86. The highest BCUT2D eigenvalue weighted by atomic mass is 16.8. The van der Waals surface area contributed by atoms with Gasteiger partial charge in [-0.05, 0) is 20.8 Å². The fourth-order valence-corrected chi connectivity index (χ4v) is 3.86. The lowest BCUT2D eigenvalue weighted by atomic mass is 9.97. The third-order valence-electron chi connectivity index (χ3n) is 5.98. The number of aliphatic hydroxyl groups excluding tert-OH is 8. The third kappa shape index (κ3) is 4.89. The Morgan fingerprint density at radius 3 is 1.45 bits per heavy atom. The third-order valence-corrected chi connectivity index (χ3v) is 5.98. The van der Waals surface area contributed by atoms with Crippen molar-refractivity contribution in [2.75, 3.05) is 0 Å². The Balaban J connectivity index is 1.78. The summed E-state index contributed by atoms with van der Waals surface area (Å²) >= 11 is 0.